The van der Waals surface area contributed by atoms with Crippen molar-refractivity contribution in [3.05, 3.63) is 105 Å². The molecular weight excluding hydrogens is 368 g/mol. The second-order valence-corrected chi connectivity index (χ2v) is 7.67. The molecular formula is C23H18N2O2S. The summed E-state index contributed by atoms with van der Waals surface area (Å²) in [6.07, 6.45) is 5.05. The fraction of sp³-hybridized carbons (Fsp3) is 0.0435. The van der Waals surface area contributed by atoms with Gasteiger partial charge in [-0.15, -0.1) is 11.3 Å². The Labute approximate surface area is 166 Å². The molecule has 0 spiro atoms. The maximum atomic E-state index is 12.6. The summed E-state index contributed by atoms with van der Waals surface area (Å²) in [5.74, 6) is -0.109. The van der Waals surface area contributed by atoms with Crippen LogP contribution in [0.5, 0.6) is 0 Å². The van der Waals surface area contributed by atoms with Gasteiger partial charge in [-0.3, -0.25) is 9.36 Å². The molecule has 0 saturated heterocycles. The minimum atomic E-state index is -0.231. The highest BCUT2D eigenvalue weighted by Crippen LogP contribution is 2.28. The van der Waals surface area contributed by atoms with Gasteiger partial charge in [0.1, 0.15) is 0 Å². The van der Waals surface area contributed by atoms with Gasteiger partial charge in [0, 0.05) is 16.6 Å². The monoisotopic (exact) mass is 386 g/mol. The minimum absolute atomic E-state index is 0.109. The highest BCUT2D eigenvalue weighted by Gasteiger charge is 2.13. The number of H-pyrrole nitrogens is 1. The smallest absolute Gasteiger partial charge is 0.312 e. The number of nitrogens with one attached hydrogen (secondary N) is 1. The predicted octanol–water partition coefficient (Wildman–Crippen LogP) is 5.10. The quantitative estimate of drug-likeness (QED) is 0.383. The number of hydrogen-bond acceptors (Lipinski definition) is 3. The van der Waals surface area contributed by atoms with E-state index in [9.17, 15) is 9.59 Å². The van der Waals surface area contributed by atoms with Crippen molar-refractivity contribution in [3.8, 4) is 16.3 Å². The van der Waals surface area contributed by atoms with E-state index in [0.717, 1.165) is 16.1 Å². The van der Waals surface area contributed by atoms with Crippen LogP contribution in [0.1, 0.15) is 20.8 Å². The fourth-order valence-electron chi connectivity index (χ4n) is 3.01. The SMILES string of the molecule is Cc1ccc(-c2c[nH]c(=O)n2-c2cccc(C(=O)C=Cc3ccccc3)c2)s1. The summed E-state index contributed by atoms with van der Waals surface area (Å²) < 4.78 is 1.60. The normalized spacial score (nSPS) is 11.2. The van der Waals surface area contributed by atoms with Gasteiger partial charge in [0.05, 0.1) is 16.3 Å². The molecule has 0 fully saturated rings. The number of carbonyl (C=O) groups is 1. The van der Waals surface area contributed by atoms with E-state index < -0.39 is 0 Å². The molecule has 0 aliphatic heterocycles. The molecule has 1 N–H and O–H groups in total. The van der Waals surface area contributed by atoms with Gasteiger partial charge in [-0.05, 0) is 42.8 Å². The molecule has 4 nitrogen and oxygen atoms in total. The molecule has 0 bridgehead atoms. The number of imidazole rings is 1. The van der Waals surface area contributed by atoms with Crippen LogP contribution >= 0.6 is 11.3 Å². The molecule has 0 unspecified atom stereocenters. The molecule has 0 radical (unpaired) electrons. The van der Waals surface area contributed by atoms with Gasteiger partial charge in [0.15, 0.2) is 5.78 Å². The van der Waals surface area contributed by atoms with Gasteiger partial charge < -0.3 is 4.98 Å². The molecule has 4 aromatic rings. The van der Waals surface area contributed by atoms with Crippen LogP contribution in [0.3, 0.4) is 0 Å². The van der Waals surface area contributed by atoms with Crippen molar-refractivity contribution >= 4 is 23.2 Å². The van der Waals surface area contributed by atoms with Gasteiger partial charge in [-0.25, -0.2) is 4.79 Å². The third kappa shape index (κ3) is 3.66. The van der Waals surface area contributed by atoms with Gasteiger partial charge in [0.2, 0.25) is 0 Å². The van der Waals surface area contributed by atoms with Crippen molar-refractivity contribution in [1.82, 2.24) is 9.55 Å². The Balaban J connectivity index is 1.69. The van der Waals surface area contributed by atoms with Crippen LogP contribution in [-0.2, 0) is 0 Å². The zero-order valence-electron chi connectivity index (χ0n) is 15.3. The summed E-state index contributed by atoms with van der Waals surface area (Å²) in [5, 5.41) is 0. The second kappa shape index (κ2) is 7.66. The van der Waals surface area contributed by atoms with Crippen LogP contribution in [0, 0.1) is 6.92 Å². The Bertz CT molecular complexity index is 1210. The Morgan fingerprint density at radius 2 is 1.86 bits per heavy atom. The highest BCUT2D eigenvalue weighted by molar-refractivity contribution is 7.15. The van der Waals surface area contributed by atoms with Crippen molar-refractivity contribution in [2.45, 2.75) is 6.92 Å². The van der Waals surface area contributed by atoms with Gasteiger partial charge in [-0.1, -0.05) is 48.5 Å². The molecule has 2 aromatic heterocycles. The number of aromatic amines is 1. The number of allylic oxidation sites excluding steroid dienone is 1. The summed E-state index contributed by atoms with van der Waals surface area (Å²) in [6.45, 7) is 2.03. The summed E-state index contributed by atoms with van der Waals surface area (Å²) in [5.41, 5.74) is 2.71. The van der Waals surface area contributed by atoms with E-state index in [-0.39, 0.29) is 11.5 Å². The maximum absolute atomic E-state index is 12.6. The highest BCUT2D eigenvalue weighted by atomic mass is 32.1. The van der Waals surface area contributed by atoms with Crippen LogP contribution in [0.15, 0.2) is 83.8 Å². The molecule has 0 aliphatic carbocycles. The molecule has 4 rings (SSSR count). The van der Waals surface area contributed by atoms with Crippen LogP contribution in [0.4, 0.5) is 0 Å². The van der Waals surface area contributed by atoms with Crippen LogP contribution < -0.4 is 5.69 Å². The zero-order chi connectivity index (χ0) is 19.5. The molecule has 5 heteroatoms. The van der Waals surface area contributed by atoms with Gasteiger partial charge in [0.25, 0.3) is 0 Å². The van der Waals surface area contributed by atoms with E-state index in [1.54, 1.807) is 52.5 Å². The van der Waals surface area contributed by atoms with Gasteiger partial charge in [-0.2, -0.15) is 0 Å². The number of nitrogens with zero attached hydrogens (tertiary/aromatic N) is 1. The molecule has 0 atom stereocenters. The van der Waals surface area contributed by atoms with Crippen molar-refractivity contribution in [3.63, 3.8) is 0 Å². The number of rotatable bonds is 5. The average molecular weight is 386 g/mol. The topological polar surface area (TPSA) is 54.9 Å². The van der Waals surface area contributed by atoms with Crippen molar-refractivity contribution in [2.24, 2.45) is 0 Å². The number of aromatic nitrogens is 2. The average Bonchev–Trinajstić information content (AvgIpc) is 3.32. The summed E-state index contributed by atoms with van der Waals surface area (Å²) in [4.78, 5) is 30.0. The first-order chi connectivity index (χ1) is 13.6. The summed E-state index contributed by atoms with van der Waals surface area (Å²) in [6, 6.07) is 20.8. The number of ketones is 1. The molecule has 138 valence electrons. The summed E-state index contributed by atoms with van der Waals surface area (Å²) >= 11 is 1.62. The van der Waals surface area contributed by atoms with Gasteiger partial charge >= 0.3 is 5.69 Å². The number of benzene rings is 2. The third-order valence-electron chi connectivity index (χ3n) is 4.38. The molecule has 0 amide bonds. The largest absolute Gasteiger partial charge is 0.330 e. The number of aryl methyl sites for hydroxylation is 1. The fourth-order valence-corrected chi connectivity index (χ4v) is 3.88. The van der Waals surface area contributed by atoms with Crippen molar-refractivity contribution in [2.75, 3.05) is 0 Å². The van der Waals surface area contributed by atoms with E-state index in [1.165, 1.54) is 4.88 Å². The number of thiophene rings is 1. The zero-order valence-corrected chi connectivity index (χ0v) is 16.1. The second-order valence-electron chi connectivity index (χ2n) is 6.38. The van der Waals surface area contributed by atoms with E-state index in [1.807, 2.05) is 55.5 Å². The van der Waals surface area contributed by atoms with E-state index >= 15 is 0 Å². The molecule has 0 saturated carbocycles. The third-order valence-corrected chi connectivity index (χ3v) is 5.41. The first-order valence-corrected chi connectivity index (χ1v) is 9.68. The Morgan fingerprint density at radius 1 is 1.04 bits per heavy atom. The van der Waals surface area contributed by atoms with Crippen molar-refractivity contribution in [1.29, 1.82) is 0 Å². The minimum Gasteiger partial charge on any atom is -0.312 e. The van der Waals surface area contributed by atoms with E-state index in [2.05, 4.69) is 4.98 Å². The molecule has 2 heterocycles. The predicted molar refractivity (Wildman–Crippen MR) is 114 cm³/mol. The molecule has 0 aliphatic rings. The Morgan fingerprint density at radius 3 is 2.61 bits per heavy atom. The first kappa shape index (κ1) is 17.9. The molecule has 2 aromatic carbocycles. The van der Waals surface area contributed by atoms with Crippen molar-refractivity contribution < 1.29 is 4.79 Å². The molecule has 28 heavy (non-hydrogen) atoms. The Kier molecular flexibility index (Phi) is 4.91. The lowest BCUT2D eigenvalue weighted by Crippen LogP contribution is -2.16. The lowest BCUT2D eigenvalue weighted by atomic mass is 10.1. The lowest BCUT2D eigenvalue weighted by Gasteiger charge is -2.07. The van der Waals surface area contributed by atoms with E-state index in [4.69, 9.17) is 0 Å². The van der Waals surface area contributed by atoms with Crippen LogP contribution in [0.2, 0.25) is 0 Å². The summed E-state index contributed by atoms with van der Waals surface area (Å²) in [7, 11) is 0. The van der Waals surface area contributed by atoms with Crippen LogP contribution in [0.25, 0.3) is 22.3 Å². The standard InChI is InChI=1S/C23H18N2O2S/c1-16-10-13-22(28-16)20-15-24-23(27)25(20)19-9-5-8-18(14-19)21(26)12-11-17-6-3-2-4-7-17/h2-15H,1H3,(H,24,27). The number of carbonyl (C=O) groups excluding carboxylic acids is 1. The van der Waals surface area contributed by atoms with E-state index in [0.29, 0.717) is 11.3 Å². The van der Waals surface area contributed by atoms with Crippen LogP contribution in [-0.4, -0.2) is 15.3 Å². The maximum Gasteiger partial charge on any atom is 0.330 e. The Hall–Kier alpha value is -3.44. The lowest BCUT2D eigenvalue weighted by molar-refractivity contribution is 0.104. The number of hydrogen-bond donors (Lipinski definition) is 1. The first-order valence-electron chi connectivity index (χ1n) is 8.87.